The van der Waals surface area contributed by atoms with Gasteiger partial charge in [0, 0.05) is 16.6 Å². The van der Waals surface area contributed by atoms with Crippen molar-refractivity contribution in [3.8, 4) is 17.3 Å². The molecular weight excluding hydrogens is 350 g/mol. The molecule has 2 aromatic rings. The molecule has 0 aliphatic carbocycles. The van der Waals surface area contributed by atoms with Gasteiger partial charge in [0.25, 0.3) is 5.56 Å². The van der Waals surface area contributed by atoms with Crippen molar-refractivity contribution in [1.29, 1.82) is 5.26 Å². The third-order valence-electron chi connectivity index (χ3n) is 2.93. The molecule has 0 saturated carbocycles. The minimum absolute atomic E-state index is 0.0930. The SMILES string of the molecule is CCSc1nc(-c2cccc(Br)c2)c(C#N)c(=O)n1CC. The van der Waals surface area contributed by atoms with Crippen molar-refractivity contribution in [3.05, 3.63) is 44.7 Å². The van der Waals surface area contributed by atoms with Crippen molar-refractivity contribution < 1.29 is 0 Å². The van der Waals surface area contributed by atoms with Gasteiger partial charge < -0.3 is 0 Å². The molecule has 1 aromatic heterocycles. The van der Waals surface area contributed by atoms with E-state index in [0.717, 1.165) is 15.8 Å². The zero-order chi connectivity index (χ0) is 15.4. The highest BCUT2D eigenvalue weighted by atomic mass is 79.9. The first-order valence-electron chi connectivity index (χ1n) is 6.56. The molecule has 2 rings (SSSR count). The quantitative estimate of drug-likeness (QED) is 0.614. The third kappa shape index (κ3) is 3.20. The van der Waals surface area contributed by atoms with Crippen molar-refractivity contribution in [1.82, 2.24) is 9.55 Å². The van der Waals surface area contributed by atoms with Gasteiger partial charge in [0.05, 0.1) is 5.69 Å². The van der Waals surface area contributed by atoms with Gasteiger partial charge in [-0.3, -0.25) is 9.36 Å². The van der Waals surface area contributed by atoms with E-state index in [1.165, 1.54) is 11.8 Å². The molecule has 0 amide bonds. The smallest absolute Gasteiger partial charge is 0.272 e. The second kappa shape index (κ2) is 6.92. The van der Waals surface area contributed by atoms with Crippen LogP contribution >= 0.6 is 27.7 Å². The van der Waals surface area contributed by atoms with Gasteiger partial charge in [-0.15, -0.1) is 0 Å². The second-order valence-corrected chi connectivity index (χ2v) is 6.37. The Bertz CT molecular complexity index is 764. The Labute approximate surface area is 136 Å². The summed E-state index contributed by atoms with van der Waals surface area (Å²) in [7, 11) is 0. The first kappa shape index (κ1) is 15.8. The Morgan fingerprint density at radius 2 is 2.19 bits per heavy atom. The highest BCUT2D eigenvalue weighted by Gasteiger charge is 2.17. The summed E-state index contributed by atoms with van der Waals surface area (Å²) in [6.45, 7) is 4.39. The van der Waals surface area contributed by atoms with Crippen molar-refractivity contribution >= 4 is 27.7 Å². The standard InChI is InChI=1S/C15H14BrN3OS/c1-3-19-14(20)12(9-17)13(18-15(19)21-4-2)10-6-5-7-11(16)8-10/h5-8H,3-4H2,1-2H3. The van der Waals surface area contributed by atoms with Crippen LogP contribution < -0.4 is 5.56 Å². The second-order valence-electron chi connectivity index (χ2n) is 4.22. The van der Waals surface area contributed by atoms with E-state index >= 15 is 0 Å². The number of halogens is 1. The van der Waals surface area contributed by atoms with Crippen LogP contribution in [0.5, 0.6) is 0 Å². The summed E-state index contributed by atoms with van der Waals surface area (Å²) >= 11 is 4.91. The summed E-state index contributed by atoms with van der Waals surface area (Å²) in [5, 5.41) is 10.0. The topological polar surface area (TPSA) is 58.7 Å². The average Bonchev–Trinajstić information content (AvgIpc) is 2.47. The van der Waals surface area contributed by atoms with Crippen LogP contribution in [0.2, 0.25) is 0 Å². The molecule has 4 nitrogen and oxygen atoms in total. The monoisotopic (exact) mass is 363 g/mol. The molecule has 1 heterocycles. The lowest BCUT2D eigenvalue weighted by Gasteiger charge is -2.12. The number of thioether (sulfide) groups is 1. The fourth-order valence-electron chi connectivity index (χ4n) is 2.00. The summed E-state index contributed by atoms with van der Waals surface area (Å²) < 4.78 is 2.43. The summed E-state index contributed by atoms with van der Waals surface area (Å²) in [5.74, 6) is 0.816. The molecule has 0 aliphatic rings. The van der Waals surface area contributed by atoms with Crippen molar-refractivity contribution in [2.45, 2.75) is 25.5 Å². The van der Waals surface area contributed by atoms with Gasteiger partial charge >= 0.3 is 0 Å². The Balaban J connectivity index is 2.77. The fourth-order valence-corrected chi connectivity index (χ4v) is 3.18. The van der Waals surface area contributed by atoms with Gasteiger partial charge in [0.1, 0.15) is 11.6 Å². The first-order valence-corrected chi connectivity index (χ1v) is 8.33. The Hall–Kier alpha value is -1.58. The molecule has 0 atom stereocenters. The van der Waals surface area contributed by atoms with Crippen LogP contribution in [0, 0.1) is 11.3 Å². The maximum atomic E-state index is 12.5. The number of aromatic nitrogens is 2. The van der Waals surface area contributed by atoms with Crippen LogP contribution in [-0.2, 0) is 6.54 Å². The molecule has 0 spiro atoms. The molecule has 0 unspecified atom stereocenters. The largest absolute Gasteiger partial charge is 0.287 e. The van der Waals surface area contributed by atoms with Gasteiger partial charge in [-0.2, -0.15) is 5.26 Å². The van der Waals surface area contributed by atoms with E-state index in [0.29, 0.717) is 17.4 Å². The number of nitrogens with zero attached hydrogens (tertiary/aromatic N) is 3. The molecule has 1 aromatic carbocycles. The molecule has 0 N–H and O–H groups in total. The van der Waals surface area contributed by atoms with Gasteiger partial charge in [-0.05, 0) is 24.8 Å². The van der Waals surface area contributed by atoms with E-state index in [1.54, 1.807) is 4.57 Å². The highest BCUT2D eigenvalue weighted by molar-refractivity contribution is 9.10. The van der Waals surface area contributed by atoms with E-state index in [1.807, 2.05) is 44.2 Å². The number of hydrogen-bond acceptors (Lipinski definition) is 4. The Morgan fingerprint density at radius 1 is 1.43 bits per heavy atom. The van der Waals surface area contributed by atoms with Crippen LogP contribution in [0.15, 0.2) is 38.7 Å². The lowest BCUT2D eigenvalue weighted by Crippen LogP contribution is -2.26. The van der Waals surface area contributed by atoms with Gasteiger partial charge in [-0.25, -0.2) is 4.98 Å². The molecular formula is C15H14BrN3OS. The Morgan fingerprint density at radius 3 is 2.76 bits per heavy atom. The van der Waals surface area contributed by atoms with E-state index < -0.39 is 0 Å². The summed E-state index contributed by atoms with van der Waals surface area (Å²) in [5.41, 5.74) is 1.03. The Kier molecular flexibility index (Phi) is 5.21. The lowest BCUT2D eigenvalue weighted by molar-refractivity contribution is 0.622. The maximum Gasteiger partial charge on any atom is 0.272 e. The summed E-state index contributed by atoms with van der Waals surface area (Å²) in [6, 6.07) is 9.47. The average molecular weight is 364 g/mol. The number of rotatable bonds is 4. The minimum atomic E-state index is -0.277. The lowest BCUT2D eigenvalue weighted by atomic mass is 10.1. The zero-order valence-corrected chi connectivity index (χ0v) is 14.2. The van der Waals surface area contributed by atoms with Crippen LogP contribution in [0.4, 0.5) is 0 Å². The van der Waals surface area contributed by atoms with Crippen molar-refractivity contribution in [3.63, 3.8) is 0 Å². The molecule has 108 valence electrons. The normalized spacial score (nSPS) is 10.4. The van der Waals surface area contributed by atoms with Crippen LogP contribution in [0.1, 0.15) is 19.4 Å². The summed E-state index contributed by atoms with van der Waals surface area (Å²) in [6.07, 6.45) is 0. The van der Waals surface area contributed by atoms with Gasteiger partial charge in [-0.1, -0.05) is 46.7 Å². The molecule has 0 fully saturated rings. The van der Waals surface area contributed by atoms with Gasteiger partial charge in [0.15, 0.2) is 5.16 Å². The zero-order valence-electron chi connectivity index (χ0n) is 11.8. The molecule has 6 heteroatoms. The van der Waals surface area contributed by atoms with Crippen molar-refractivity contribution in [2.24, 2.45) is 0 Å². The first-order chi connectivity index (χ1) is 10.1. The van der Waals surface area contributed by atoms with Crippen LogP contribution in [0.25, 0.3) is 11.3 Å². The number of nitriles is 1. The number of benzene rings is 1. The third-order valence-corrected chi connectivity index (χ3v) is 4.29. The molecule has 21 heavy (non-hydrogen) atoms. The molecule has 0 aliphatic heterocycles. The number of hydrogen-bond donors (Lipinski definition) is 0. The van der Waals surface area contributed by atoms with E-state index in [4.69, 9.17) is 0 Å². The fraction of sp³-hybridized carbons (Fsp3) is 0.267. The van der Waals surface area contributed by atoms with E-state index in [-0.39, 0.29) is 11.1 Å². The van der Waals surface area contributed by atoms with E-state index in [2.05, 4.69) is 20.9 Å². The molecule has 0 saturated heterocycles. The summed E-state index contributed by atoms with van der Waals surface area (Å²) in [4.78, 5) is 17.0. The predicted molar refractivity (Wildman–Crippen MR) is 88.4 cm³/mol. The van der Waals surface area contributed by atoms with Crippen LogP contribution in [0.3, 0.4) is 0 Å². The van der Waals surface area contributed by atoms with Crippen LogP contribution in [-0.4, -0.2) is 15.3 Å². The molecule has 0 bridgehead atoms. The van der Waals surface area contributed by atoms with Gasteiger partial charge in [0.2, 0.25) is 0 Å². The highest BCUT2D eigenvalue weighted by Crippen LogP contribution is 2.25. The van der Waals surface area contributed by atoms with Crippen molar-refractivity contribution in [2.75, 3.05) is 5.75 Å². The molecule has 0 radical (unpaired) electrons. The minimum Gasteiger partial charge on any atom is -0.287 e. The maximum absolute atomic E-state index is 12.5. The van der Waals surface area contributed by atoms with E-state index in [9.17, 15) is 10.1 Å². The predicted octanol–water partition coefficient (Wildman–Crippen LogP) is 3.68.